The number of para-hydroxylation sites is 1. The molecular weight excluding hydrogens is 445 g/mol. The summed E-state index contributed by atoms with van der Waals surface area (Å²) in [5.74, 6) is -1.47. The minimum Gasteiger partial charge on any atom is -0.488 e. The van der Waals surface area contributed by atoms with Crippen molar-refractivity contribution < 1.29 is 28.6 Å². The molecule has 1 saturated heterocycles. The molecule has 0 spiro atoms. The Morgan fingerprint density at radius 1 is 1.00 bits per heavy atom. The van der Waals surface area contributed by atoms with E-state index in [2.05, 4.69) is 0 Å². The molecule has 1 N–H and O–H groups in total. The van der Waals surface area contributed by atoms with Crippen LogP contribution in [-0.4, -0.2) is 27.1 Å². The Balaban J connectivity index is 1.50. The molecule has 0 aliphatic carbocycles. The average molecular weight is 463 g/mol. The fourth-order valence-corrected chi connectivity index (χ4v) is 4.04. The molecule has 0 saturated carbocycles. The van der Waals surface area contributed by atoms with E-state index in [1.165, 1.54) is 24.3 Å². The molecule has 3 aromatic carbocycles. The number of thioether (sulfide) groups is 1. The summed E-state index contributed by atoms with van der Waals surface area (Å²) >= 11 is 0.794. The number of carbonyl (C=O) groups is 3. The molecule has 3 aromatic rings. The molecule has 2 amide bonds. The molecule has 0 unspecified atom stereocenters. The van der Waals surface area contributed by atoms with Crippen LogP contribution in [0.3, 0.4) is 0 Å². The second-order valence-corrected chi connectivity index (χ2v) is 8.18. The number of nitrogens with zero attached hydrogens (tertiary/aromatic N) is 1. The van der Waals surface area contributed by atoms with Crippen LogP contribution in [0.4, 0.5) is 9.18 Å². The molecule has 0 radical (unpaired) electrons. The number of carboxylic acids is 1. The maximum atomic E-state index is 14.0. The van der Waals surface area contributed by atoms with Gasteiger partial charge in [-0.2, -0.15) is 0 Å². The molecule has 0 aromatic heterocycles. The Bertz CT molecular complexity index is 1260. The molecule has 0 bridgehead atoms. The SMILES string of the molecule is O=C(O)c1ccc(COc2ccccc2/C=C2\SC(=O)N(Cc3ccccc3F)C2=O)cc1. The maximum Gasteiger partial charge on any atom is 0.335 e. The number of benzene rings is 3. The van der Waals surface area contributed by atoms with Crippen LogP contribution in [0.15, 0.2) is 77.7 Å². The van der Waals surface area contributed by atoms with Gasteiger partial charge in [0.05, 0.1) is 17.0 Å². The van der Waals surface area contributed by atoms with Gasteiger partial charge in [-0.1, -0.05) is 48.5 Å². The van der Waals surface area contributed by atoms with E-state index in [1.54, 1.807) is 54.6 Å². The smallest absolute Gasteiger partial charge is 0.335 e. The minimum absolute atomic E-state index is 0.140. The van der Waals surface area contributed by atoms with Gasteiger partial charge in [-0.05, 0) is 47.7 Å². The van der Waals surface area contributed by atoms with Crippen molar-refractivity contribution in [2.24, 2.45) is 0 Å². The van der Waals surface area contributed by atoms with Crippen LogP contribution >= 0.6 is 11.8 Å². The first-order chi connectivity index (χ1) is 15.9. The number of rotatable bonds is 7. The van der Waals surface area contributed by atoms with E-state index >= 15 is 0 Å². The molecule has 1 fully saturated rings. The van der Waals surface area contributed by atoms with Crippen LogP contribution in [-0.2, 0) is 17.9 Å². The van der Waals surface area contributed by atoms with Crippen molar-refractivity contribution in [1.29, 1.82) is 0 Å². The van der Waals surface area contributed by atoms with Crippen LogP contribution in [0.1, 0.15) is 27.0 Å². The van der Waals surface area contributed by atoms with E-state index in [9.17, 15) is 18.8 Å². The molecule has 1 heterocycles. The highest BCUT2D eigenvalue weighted by molar-refractivity contribution is 8.18. The first-order valence-electron chi connectivity index (χ1n) is 9.95. The number of ether oxygens (including phenoxy) is 1. The molecule has 166 valence electrons. The summed E-state index contributed by atoms with van der Waals surface area (Å²) in [6.07, 6.45) is 1.58. The van der Waals surface area contributed by atoms with Gasteiger partial charge in [-0.25, -0.2) is 9.18 Å². The van der Waals surface area contributed by atoms with Gasteiger partial charge >= 0.3 is 5.97 Å². The number of aromatic carboxylic acids is 1. The normalized spacial score (nSPS) is 14.7. The highest BCUT2D eigenvalue weighted by Crippen LogP contribution is 2.35. The Morgan fingerprint density at radius 2 is 1.70 bits per heavy atom. The molecule has 33 heavy (non-hydrogen) atoms. The summed E-state index contributed by atoms with van der Waals surface area (Å²) in [4.78, 5) is 37.4. The molecule has 1 aliphatic rings. The number of imide groups is 1. The predicted molar refractivity (Wildman–Crippen MR) is 122 cm³/mol. The van der Waals surface area contributed by atoms with Gasteiger partial charge in [0.1, 0.15) is 18.2 Å². The van der Waals surface area contributed by atoms with Crippen LogP contribution in [0, 0.1) is 5.82 Å². The lowest BCUT2D eigenvalue weighted by molar-refractivity contribution is -0.123. The Morgan fingerprint density at radius 3 is 2.42 bits per heavy atom. The minimum atomic E-state index is -1.00. The largest absolute Gasteiger partial charge is 0.488 e. The first-order valence-corrected chi connectivity index (χ1v) is 10.8. The Labute approximate surface area is 193 Å². The lowest BCUT2D eigenvalue weighted by atomic mass is 10.1. The first kappa shape index (κ1) is 22.3. The quantitative estimate of drug-likeness (QED) is 0.476. The maximum absolute atomic E-state index is 14.0. The predicted octanol–water partition coefficient (Wildman–Crippen LogP) is 5.34. The number of carbonyl (C=O) groups excluding carboxylic acids is 2. The standard InChI is InChI=1S/C25H18FNO5S/c26-20-7-3-1-6-19(20)14-27-23(28)22(33-25(27)31)13-18-5-2-4-8-21(18)32-15-16-9-11-17(12-10-16)24(29)30/h1-13H,14-15H2,(H,29,30)/b22-13-. The van der Waals surface area contributed by atoms with Crippen molar-refractivity contribution in [3.8, 4) is 5.75 Å². The molecular formula is C25H18FNO5S. The number of hydrogen-bond donors (Lipinski definition) is 1. The number of carboxylic acid groups (broad SMARTS) is 1. The third-order valence-corrected chi connectivity index (χ3v) is 5.87. The summed E-state index contributed by atoms with van der Waals surface area (Å²) in [7, 11) is 0. The zero-order valence-corrected chi connectivity index (χ0v) is 18.0. The third kappa shape index (κ3) is 5.12. The van der Waals surface area contributed by atoms with Crippen LogP contribution in [0.25, 0.3) is 6.08 Å². The zero-order chi connectivity index (χ0) is 23.4. The van der Waals surface area contributed by atoms with Crippen molar-refractivity contribution in [2.45, 2.75) is 13.2 Å². The Kier molecular flexibility index (Phi) is 6.55. The van der Waals surface area contributed by atoms with Crippen LogP contribution < -0.4 is 4.74 Å². The van der Waals surface area contributed by atoms with Crippen molar-refractivity contribution in [3.05, 3.63) is 106 Å². The van der Waals surface area contributed by atoms with Gasteiger partial charge in [-0.3, -0.25) is 14.5 Å². The highest BCUT2D eigenvalue weighted by atomic mass is 32.2. The van der Waals surface area contributed by atoms with E-state index < -0.39 is 22.9 Å². The second-order valence-electron chi connectivity index (χ2n) is 7.19. The van der Waals surface area contributed by atoms with E-state index in [0.29, 0.717) is 11.3 Å². The topological polar surface area (TPSA) is 83.9 Å². The molecule has 6 nitrogen and oxygen atoms in total. The lowest BCUT2D eigenvalue weighted by Gasteiger charge is -2.13. The monoisotopic (exact) mass is 463 g/mol. The van der Waals surface area contributed by atoms with Crippen molar-refractivity contribution in [2.75, 3.05) is 0 Å². The molecule has 8 heteroatoms. The van der Waals surface area contributed by atoms with Gasteiger partial charge in [0.15, 0.2) is 0 Å². The van der Waals surface area contributed by atoms with Crippen molar-refractivity contribution >= 4 is 35.0 Å². The molecule has 0 atom stereocenters. The summed E-state index contributed by atoms with van der Waals surface area (Å²) in [5.41, 5.74) is 1.83. The second kappa shape index (κ2) is 9.70. The average Bonchev–Trinajstić information content (AvgIpc) is 3.07. The number of amides is 2. The Hall–Kier alpha value is -3.91. The third-order valence-electron chi connectivity index (χ3n) is 4.96. The number of hydrogen-bond acceptors (Lipinski definition) is 5. The summed E-state index contributed by atoms with van der Waals surface area (Å²) in [6.45, 7) is 0.0542. The molecule has 1 aliphatic heterocycles. The van der Waals surface area contributed by atoms with E-state index in [-0.39, 0.29) is 29.2 Å². The van der Waals surface area contributed by atoms with Crippen molar-refractivity contribution in [3.63, 3.8) is 0 Å². The summed E-state index contributed by atoms with van der Waals surface area (Å²) in [6, 6.07) is 19.4. The highest BCUT2D eigenvalue weighted by Gasteiger charge is 2.35. The van der Waals surface area contributed by atoms with E-state index in [1.807, 2.05) is 0 Å². The van der Waals surface area contributed by atoms with Crippen LogP contribution in [0.2, 0.25) is 0 Å². The van der Waals surface area contributed by atoms with Crippen LogP contribution in [0.5, 0.6) is 5.75 Å². The van der Waals surface area contributed by atoms with Gasteiger partial charge in [0.25, 0.3) is 11.1 Å². The van der Waals surface area contributed by atoms with Crippen molar-refractivity contribution in [1.82, 2.24) is 4.90 Å². The molecule has 4 rings (SSSR count). The fraction of sp³-hybridized carbons (Fsp3) is 0.0800. The summed E-state index contributed by atoms with van der Waals surface area (Å²) < 4.78 is 19.8. The lowest BCUT2D eigenvalue weighted by Crippen LogP contribution is -2.27. The van der Waals surface area contributed by atoms with E-state index in [0.717, 1.165) is 22.2 Å². The van der Waals surface area contributed by atoms with E-state index in [4.69, 9.17) is 9.84 Å². The van der Waals surface area contributed by atoms with Gasteiger partial charge in [-0.15, -0.1) is 0 Å². The summed E-state index contributed by atoms with van der Waals surface area (Å²) in [5, 5.41) is 8.53. The van der Waals surface area contributed by atoms with Gasteiger partial charge in [0.2, 0.25) is 0 Å². The van der Waals surface area contributed by atoms with Gasteiger partial charge in [0, 0.05) is 11.1 Å². The fourth-order valence-electron chi connectivity index (χ4n) is 3.21. The van der Waals surface area contributed by atoms with Gasteiger partial charge < -0.3 is 9.84 Å². The number of halogens is 1. The zero-order valence-electron chi connectivity index (χ0n) is 17.2.